The molecule has 0 saturated heterocycles. The molecule has 0 saturated carbocycles. The van der Waals surface area contributed by atoms with Crippen molar-refractivity contribution in [3.63, 3.8) is 0 Å². The lowest BCUT2D eigenvalue weighted by Crippen LogP contribution is -2.35. The van der Waals surface area contributed by atoms with Gasteiger partial charge in [-0.3, -0.25) is 4.79 Å². The highest BCUT2D eigenvalue weighted by molar-refractivity contribution is 7.94. The largest absolute Gasteiger partial charge is 0.345 e. The van der Waals surface area contributed by atoms with E-state index in [-0.39, 0.29) is 11.7 Å². The van der Waals surface area contributed by atoms with E-state index in [0.29, 0.717) is 11.1 Å². The van der Waals surface area contributed by atoms with Crippen LogP contribution < -0.4 is 5.32 Å². The summed E-state index contributed by atoms with van der Waals surface area (Å²) in [5.74, 6) is -0.420. The van der Waals surface area contributed by atoms with Gasteiger partial charge in [-0.15, -0.1) is 5.10 Å². The molecule has 7 nitrogen and oxygen atoms in total. The number of carbonyl (C=O) groups excluding carboxylic acids is 1. The summed E-state index contributed by atoms with van der Waals surface area (Å²) in [6.07, 6.45) is 1.48. The van der Waals surface area contributed by atoms with Crippen LogP contribution in [0.3, 0.4) is 0 Å². The zero-order chi connectivity index (χ0) is 14.3. The lowest BCUT2D eigenvalue weighted by atomic mass is 10.1. The number of hydrogen-bond acceptors (Lipinski definition) is 5. The van der Waals surface area contributed by atoms with E-state index in [4.69, 9.17) is 0 Å². The molecule has 1 aliphatic heterocycles. The topological polar surface area (TPSA) is 93.9 Å². The number of nitrogens with zero attached hydrogens (tertiary/aromatic N) is 3. The molecule has 20 heavy (non-hydrogen) atoms. The quantitative estimate of drug-likeness (QED) is 0.841. The minimum absolute atomic E-state index is 0.0911. The maximum atomic E-state index is 12.1. The van der Waals surface area contributed by atoms with E-state index in [1.807, 2.05) is 0 Å². The Balaban J connectivity index is 1.81. The van der Waals surface area contributed by atoms with Crippen LogP contribution in [0, 0.1) is 0 Å². The summed E-state index contributed by atoms with van der Waals surface area (Å²) in [4.78, 5) is 12.1. The molecule has 1 N–H and O–H groups in total. The van der Waals surface area contributed by atoms with Crippen molar-refractivity contribution in [1.82, 2.24) is 20.3 Å². The number of amides is 1. The first-order chi connectivity index (χ1) is 9.44. The Labute approximate surface area is 115 Å². The molecule has 0 fully saturated rings. The second kappa shape index (κ2) is 4.41. The molecule has 104 valence electrons. The number of aryl methyl sites for hydroxylation is 1. The number of benzene rings is 1. The van der Waals surface area contributed by atoms with Gasteiger partial charge in [0.1, 0.15) is 5.52 Å². The molecule has 1 unspecified atom stereocenters. The third kappa shape index (κ3) is 2.29. The number of nitrogens with one attached hydrogen (secondary N) is 1. The summed E-state index contributed by atoms with van der Waals surface area (Å²) in [6.45, 7) is 0. The molecule has 0 spiro atoms. The Hall–Kier alpha value is -2.22. The number of fused-ring (bicyclic) bond motifs is 1. The van der Waals surface area contributed by atoms with E-state index >= 15 is 0 Å². The van der Waals surface area contributed by atoms with Crippen LogP contribution >= 0.6 is 0 Å². The van der Waals surface area contributed by atoms with E-state index in [1.54, 1.807) is 29.9 Å². The highest BCUT2D eigenvalue weighted by Gasteiger charge is 2.23. The average molecular weight is 292 g/mol. The van der Waals surface area contributed by atoms with Gasteiger partial charge in [0, 0.05) is 18.0 Å². The molecule has 1 aromatic carbocycles. The van der Waals surface area contributed by atoms with Crippen LogP contribution in [0.5, 0.6) is 0 Å². The van der Waals surface area contributed by atoms with Gasteiger partial charge in [-0.05, 0) is 24.3 Å². The predicted molar refractivity (Wildman–Crippen MR) is 72.7 cm³/mol. The van der Waals surface area contributed by atoms with Crippen molar-refractivity contribution in [3.8, 4) is 0 Å². The lowest BCUT2D eigenvalue weighted by Gasteiger charge is -2.09. The molecule has 3 rings (SSSR count). The van der Waals surface area contributed by atoms with E-state index in [2.05, 4.69) is 15.6 Å². The number of aromatic nitrogens is 3. The van der Waals surface area contributed by atoms with Crippen LogP contribution in [0.1, 0.15) is 10.4 Å². The van der Waals surface area contributed by atoms with Crippen molar-refractivity contribution in [2.75, 3.05) is 5.75 Å². The van der Waals surface area contributed by atoms with E-state index in [1.165, 1.54) is 6.08 Å². The second-order valence-corrected chi connectivity index (χ2v) is 6.59. The number of hydrogen-bond donors (Lipinski definition) is 1. The van der Waals surface area contributed by atoms with Crippen LogP contribution in [0.15, 0.2) is 29.7 Å². The zero-order valence-electron chi connectivity index (χ0n) is 10.6. The van der Waals surface area contributed by atoms with Crippen molar-refractivity contribution in [1.29, 1.82) is 0 Å². The fourth-order valence-corrected chi connectivity index (χ4v) is 3.33. The maximum absolute atomic E-state index is 12.1. The number of carbonyl (C=O) groups is 1. The molecule has 1 amide bonds. The Bertz CT molecular complexity index is 822. The fraction of sp³-hybridized carbons (Fsp3) is 0.250. The summed E-state index contributed by atoms with van der Waals surface area (Å²) in [5, 5.41) is 11.6. The van der Waals surface area contributed by atoms with Gasteiger partial charge in [0.25, 0.3) is 5.91 Å². The fourth-order valence-electron chi connectivity index (χ4n) is 2.10. The second-order valence-electron chi connectivity index (χ2n) is 4.65. The summed E-state index contributed by atoms with van der Waals surface area (Å²) >= 11 is 0. The predicted octanol–water partition coefficient (Wildman–Crippen LogP) is 0.00880. The van der Waals surface area contributed by atoms with Gasteiger partial charge in [0.05, 0.1) is 17.3 Å². The van der Waals surface area contributed by atoms with Crippen molar-refractivity contribution < 1.29 is 13.2 Å². The van der Waals surface area contributed by atoms with Crippen molar-refractivity contribution in [3.05, 3.63) is 35.2 Å². The number of sulfone groups is 1. The zero-order valence-corrected chi connectivity index (χ0v) is 11.5. The van der Waals surface area contributed by atoms with Gasteiger partial charge in [-0.2, -0.15) is 0 Å². The van der Waals surface area contributed by atoms with Crippen LogP contribution in [0.4, 0.5) is 0 Å². The smallest absolute Gasteiger partial charge is 0.251 e. The Morgan fingerprint density at radius 3 is 2.95 bits per heavy atom. The molecule has 1 atom stereocenters. The summed E-state index contributed by atoms with van der Waals surface area (Å²) in [6, 6.07) is 4.56. The first kappa shape index (κ1) is 12.8. The van der Waals surface area contributed by atoms with Crippen molar-refractivity contribution >= 4 is 26.8 Å². The van der Waals surface area contributed by atoms with Gasteiger partial charge >= 0.3 is 0 Å². The first-order valence-electron chi connectivity index (χ1n) is 5.96. The molecule has 1 aliphatic rings. The monoisotopic (exact) mass is 292 g/mol. The van der Waals surface area contributed by atoms with Crippen molar-refractivity contribution in [2.45, 2.75) is 6.04 Å². The van der Waals surface area contributed by atoms with Gasteiger partial charge in [0.15, 0.2) is 9.84 Å². The van der Waals surface area contributed by atoms with Gasteiger partial charge in [-0.1, -0.05) is 5.21 Å². The summed E-state index contributed by atoms with van der Waals surface area (Å²) in [5.41, 5.74) is 1.87. The first-order valence-corrected chi connectivity index (χ1v) is 7.67. The normalized spacial score (nSPS) is 20.4. The van der Waals surface area contributed by atoms with Crippen LogP contribution in [0.2, 0.25) is 0 Å². The third-order valence-corrected chi connectivity index (χ3v) is 4.51. The molecule has 1 aromatic heterocycles. The molecule has 0 radical (unpaired) electrons. The van der Waals surface area contributed by atoms with Gasteiger partial charge in [-0.25, -0.2) is 13.1 Å². The minimum atomic E-state index is -3.18. The lowest BCUT2D eigenvalue weighted by molar-refractivity contribution is 0.0948. The molecule has 0 bridgehead atoms. The highest BCUT2D eigenvalue weighted by Crippen LogP contribution is 2.14. The minimum Gasteiger partial charge on any atom is -0.345 e. The SMILES string of the molecule is Cn1nnc2cc(C(=O)NC3C=CS(=O)(=O)C3)ccc21. The standard InChI is InChI=1S/C12H12N4O3S/c1-16-11-3-2-8(6-10(11)14-15-16)12(17)13-9-4-5-20(18,19)7-9/h2-6,9H,7H2,1H3,(H,13,17). The molecule has 2 aromatic rings. The Morgan fingerprint density at radius 1 is 1.45 bits per heavy atom. The average Bonchev–Trinajstić information content (AvgIpc) is 2.92. The van der Waals surface area contributed by atoms with Crippen LogP contribution in [-0.2, 0) is 16.9 Å². The maximum Gasteiger partial charge on any atom is 0.251 e. The van der Waals surface area contributed by atoms with Crippen LogP contribution in [-0.4, -0.2) is 41.1 Å². The van der Waals surface area contributed by atoms with E-state index in [9.17, 15) is 13.2 Å². The van der Waals surface area contributed by atoms with Crippen LogP contribution in [0.25, 0.3) is 11.0 Å². The summed E-state index contributed by atoms with van der Waals surface area (Å²) in [7, 11) is -1.41. The van der Waals surface area contributed by atoms with Gasteiger partial charge in [0.2, 0.25) is 0 Å². The van der Waals surface area contributed by atoms with Gasteiger partial charge < -0.3 is 5.32 Å². The number of rotatable bonds is 2. The Kier molecular flexibility index (Phi) is 2.82. The van der Waals surface area contributed by atoms with E-state index in [0.717, 1.165) is 10.9 Å². The van der Waals surface area contributed by atoms with E-state index < -0.39 is 15.9 Å². The third-order valence-electron chi connectivity index (χ3n) is 3.12. The molecular weight excluding hydrogens is 280 g/mol. The molecular formula is C12H12N4O3S. The molecule has 2 heterocycles. The summed E-state index contributed by atoms with van der Waals surface area (Å²) < 4.78 is 24.2. The Morgan fingerprint density at radius 2 is 2.25 bits per heavy atom. The van der Waals surface area contributed by atoms with Crippen molar-refractivity contribution in [2.24, 2.45) is 7.05 Å². The molecule has 8 heteroatoms. The highest BCUT2D eigenvalue weighted by atomic mass is 32.2. The molecule has 0 aliphatic carbocycles.